The van der Waals surface area contributed by atoms with Gasteiger partial charge < -0.3 is 19.8 Å². The summed E-state index contributed by atoms with van der Waals surface area (Å²) in [6.45, 7) is 5.43. The number of rotatable bonds is 8. The van der Waals surface area contributed by atoms with Crippen LogP contribution in [-0.2, 0) is 0 Å². The van der Waals surface area contributed by atoms with Crippen molar-refractivity contribution in [2.45, 2.75) is 26.0 Å². The Hall–Kier alpha value is -2.47. The number of hydrogen-bond donors (Lipinski definition) is 2. The van der Waals surface area contributed by atoms with Crippen molar-refractivity contribution in [3.63, 3.8) is 0 Å². The first-order valence-electron chi connectivity index (χ1n) is 8.88. The SMILES string of the molecule is CN=C(NCC(C)Oc1ccccc1C)NCC(c1ccco1)N(C)C. The summed E-state index contributed by atoms with van der Waals surface area (Å²) in [4.78, 5) is 6.40. The summed E-state index contributed by atoms with van der Waals surface area (Å²) in [5.41, 5.74) is 1.13. The third-order valence-electron chi connectivity index (χ3n) is 4.16. The topological polar surface area (TPSA) is 62.0 Å². The lowest BCUT2D eigenvalue weighted by atomic mass is 10.2. The molecule has 2 aromatic rings. The molecule has 1 aromatic carbocycles. The summed E-state index contributed by atoms with van der Waals surface area (Å²) in [6.07, 6.45) is 1.72. The fourth-order valence-electron chi connectivity index (χ4n) is 2.62. The molecule has 0 saturated carbocycles. The zero-order valence-corrected chi connectivity index (χ0v) is 16.3. The van der Waals surface area contributed by atoms with Gasteiger partial charge in [0.1, 0.15) is 17.6 Å². The fourth-order valence-corrected chi connectivity index (χ4v) is 2.62. The highest BCUT2D eigenvalue weighted by atomic mass is 16.5. The fraction of sp³-hybridized carbons (Fsp3) is 0.450. The van der Waals surface area contributed by atoms with E-state index in [0.29, 0.717) is 13.1 Å². The molecule has 6 heteroatoms. The van der Waals surface area contributed by atoms with Crippen LogP contribution in [0.1, 0.15) is 24.3 Å². The molecule has 142 valence electrons. The van der Waals surface area contributed by atoms with Crippen molar-refractivity contribution in [1.29, 1.82) is 0 Å². The van der Waals surface area contributed by atoms with Crippen LogP contribution in [0.3, 0.4) is 0 Å². The lowest BCUT2D eigenvalue weighted by Crippen LogP contribution is -2.44. The predicted octanol–water partition coefficient (Wildman–Crippen LogP) is 2.82. The van der Waals surface area contributed by atoms with Gasteiger partial charge in [0.05, 0.1) is 18.8 Å². The third kappa shape index (κ3) is 5.81. The molecule has 2 N–H and O–H groups in total. The second kappa shape index (κ2) is 9.87. The van der Waals surface area contributed by atoms with E-state index >= 15 is 0 Å². The van der Waals surface area contributed by atoms with Crippen molar-refractivity contribution in [3.8, 4) is 5.75 Å². The molecule has 1 heterocycles. The van der Waals surface area contributed by atoms with Crippen LogP contribution in [0.5, 0.6) is 5.75 Å². The van der Waals surface area contributed by atoms with E-state index in [1.54, 1.807) is 13.3 Å². The van der Waals surface area contributed by atoms with Gasteiger partial charge in [-0.2, -0.15) is 0 Å². The average Bonchev–Trinajstić information content (AvgIpc) is 3.14. The molecule has 0 aliphatic carbocycles. The number of guanidine groups is 1. The number of likely N-dealkylation sites (N-methyl/N-ethyl adjacent to an activating group) is 1. The normalized spacial score (nSPS) is 14.2. The number of aryl methyl sites for hydroxylation is 1. The zero-order valence-electron chi connectivity index (χ0n) is 16.3. The molecule has 2 unspecified atom stereocenters. The zero-order chi connectivity index (χ0) is 18.9. The van der Waals surface area contributed by atoms with Gasteiger partial charge in [-0.1, -0.05) is 18.2 Å². The summed E-state index contributed by atoms with van der Waals surface area (Å²) < 4.78 is 11.5. The van der Waals surface area contributed by atoms with Gasteiger partial charge in [-0.3, -0.25) is 9.89 Å². The number of benzene rings is 1. The average molecular weight is 358 g/mol. The molecule has 0 aliphatic heterocycles. The minimum Gasteiger partial charge on any atom is -0.489 e. The van der Waals surface area contributed by atoms with Gasteiger partial charge in [0.25, 0.3) is 0 Å². The monoisotopic (exact) mass is 358 g/mol. The molecule has 2 atom stereocenters. The Bertz CT molecular complexity index is 683. The van der Waals surface area contributed by atoms with E-state index in [4.69, 9.17) is 9.15 Å². The number of ether oxygens (including phenoxy) is 1. The van der Waals surface area contributed by atoms with Crippen LogP contribution >= 0.6 is 0 Å². The minimum absolute atomic E-state index is 0.0179. The van der Waals surface area contributed by atoms with Gasteiger partial charge in [0.2, 0.25) is 0 Å². The van der Waals surface area contributed by atoms with Gasteiger partial charge in [-0.15, -0.1) is 0 Å². The number of nitrogens with one attached hydrogen (secondary N) is 2. The van der Waals surface area contributed by atoms with Crippen molar-refractivity contribution < 1.29 is 9.15 Å². The molecule has 1 aromatic heterocycles. The summed E-state index contributed by atoms with van der Waals surface area (Å²) in [5.74, 6) is 2.58. The summed E-state index contributed by atoms with van der Waals surface area (Å²) in [6, 6.07) is 12.1. The molecule has 6 nitrogen and oxygen atoms in total. The largest absolute Gasteiger partial charge is 0.489 e. The van der Waals surface area contributed by atoms with Crippen LogP contribution < -0.4 is 15.4 Å². The van der Waals surface area contributed by atoms with Gasteiger partial charge in [0.15, 0.2) is 5.96 Å². The molecule has 2 rings (SSSR count). The van der Waals surface area contributed by atoms with E-state index in [9.17, 15) is 0 Å². The van der Waals surface area contributed by atoms with E-state index in [-0.39, 0.29) is 12.1 Å². The second-order valence-corrected chi connectivity index (χ2v) is 6.52. The van der Waals surface area contributed by atoms with Gasteiger partial charge in [-0.25, -0.2) is 0 Å². The standard InChI is InChI=1S/C20H30N4O2/c1-15-9-6-7-10-18(15)26-16(2)13-22-20(21-3)23-14-17(24(4)5)19-11-8-12-25-19/h6-12,16-17H,13-14H2,1-5H3,(H2,21,22,23). The van der Waals surface area contributed by atoms with Crippen LogP contribution in [-0.4, -0.2) is 51.2 Å². The van der Waals surface area contributed by atoms with Crippen LogP contribution in [0.2, 0.25) is 0 Å². The third-order valence-corrected chi connectivity index (χ3v) is 4.16. The van der Waals surface area contributed by atoms with E-state index < -0.39 is 0 Å². The maximum Gasteiger partial charge on any atom is 0.191 e. The Morgan fingerprint density at radius 2 is 1.88 bits per heavy atom. The molecule has 0 fully saturated rings. The van der Waals surface area contributed by atoms with Crippen LogP contribution in [0.4, 0.5) is 0 Å². The first kappa shape index (κ1) is 19.8. The lowest BCUT2D eigenvalue weighted by molar-refractivity contribution is 0.222. The van der Waals surface area contributed by atoms with Crippen LogP contribution in [0, 0.1) is 6.92 Å². The number of furan rings is 1. The molecular weight excluding hydrogens is 328 g/mol. The van der Waals surface area contributed by atoms with E-state index in [1.807, 2.05) is 64.3 Å². The molecule has 0 aliphatic rings. The Kier molecular flexibility index (Phi) is 7.53. The number of aliphatic imine (C=N–C) groups is 1. The molecule has 26 heavy (non-hydrogen) atoms. The van der Waals surface area contributed by atoms with Crippen LogP contribution in [0.15, 0.2) is 52.1 Å². The molecular formula is C20H30N4O2. The van der Waals surface area contributed by atoms with E-state index in [2.05, 4.69) is 20.5 Å². The van der Waals surface area contributed by atoms with Crippen LogP contribution in [0.25, 0.3) is 0 Å². The van der Waals surface area contributed by atoms with Gasteiger partial charge in [-0.05, 0) is 51.7 Å². The summed E-state index contributed by atoms with van der Waals surface area (Å²) >= 11 is 0. The van der Waals surface area contributed by atoms with Crippen molar-refractivity contribution in [3.05, 3.63) is 54.0 Å². The maximum atomic E-state index is 5.99. The highest BCUT2D eigenvalue weighted by Gasteiger charge is 2.17. The Morgan fingerprint density at radius 3 is 2.50 bits per heavy atom. The lowest BCUT2D eigenvalue weighted by Gasteiger charge is -2.24. The molecule has 0 amide bonds. The Morgan fingerprint density at radius 1 is 1.15 bits per heavy atom. The second-order valence-electron chi connectivity index (χ2n) is 6.52. The highest BCUT2D eigenvalue weighted by Crippen LogP contribution is 2.18. The van der Waals surface area contributed by atoms with Gasteiger partial charge >= 0.3 is 0 Å². The molecule has 0 bridgehead atoms. The predicted molar refractivity (Wildman–Crippen MR) is 106 cm³/mol. The summed E-state index contributed by atoms with van der Waals surface area (Å²) in [5, 5.41) is 6.66. The number of hydrogen-bond acceptors (Lipinski definition) is 4. The van der Waals surface area contributed by atoms with E-state index in [1.165, 1.54) is 0 Å². The van der Waals surface area contributed by atoms with Crippen molar-refractivity contribution in [2.75, 3.05) is 34.2 Å². The van der Waals surface area contributed by atoms with Crippen molar-refractivity contribution in [2.24, 2.45) is 4.99 Å². The quantitative estimate of drug-likeness (QED) is 0.561. The molecule has 0 radical (unpaired) electrons. The highest BCUT2D eigenvalue weighted by molar-refractivity contribution is 5.79. The maximum absolute atomic E-state index is 5.99. The Labute approximate surface area is 156 Å². The first-order valence-corrected chi connectivity index (χ1v) is 8.88. The number of para-hydroxylation sites is 1. The first-order chi connectivity index (χ1) is 12.5. The minimum atomic E-state index is 0.0179. The van der Waals surface area contributed by atoms with Gasteiger partial charge in [0, 0.05) is 13.6 Å². The Balaban J connectivity index is 1.82. The molecule has 0 saturated heterocycles. The summed E-state index contributed by atoms with van der Waals surface area (Å²) in [7, 11) is 5.83. The number of nitrogens with zero attached hydrogens (tertiary/aromatic N) is 2. The molecule has 0 spiro atoms. The smallest absolute Gasteiger partial charge is 0.191 e. The van der Waals surface area contributed by atoms with E-state index in [0.717, 1.165) is 23.0 Å². The van der Waals surface area contributed by atoms with Crippen molar-refractivity contribution >= 4 is 5.96 Å². The van der Waals surface area contributed by atoms with Crippen molar-refractivity contribution in [1.82, 2.24) is 15.5 Å².